The number of benzene rings is 1. The quantitative estimate of drug-likeness (QED) is 0.901. The fraction of sp³-hybridized carbons (Fsp3) is 0.471. The lowest BCUT2D eigenvalue weighted by molar-refractivity contribution is -0.707. The van der Waals surface area contributed by atoms with Crippen molar-refractivity contribution in [2.45, 2.75) is 51.2 Å². The normalized spacial score (nSPS) is 16.2. The minimum absolute atomic E-state index is 0.178. The van der Waals surface area contributed by atoms with E-state index in [1.807, 2.05) is 18.5 Å². The molecule has 1 aromatic heterocycles. The van der Waals surface area contributed by atoms with Crippen LogP contribution in [0.2, 0.25) is 0 Å². The average Bonchev–Trinajstić information content (AvgIpc) is 2.93. The third-order valence-electron chi connectivity index (χ3n) is 4.33. The van der Waals surface area contributed by atoms with Crippen molar-refractivity contribution in [1.82, 2.24) is 9.55 Å². The van der Waals surface area contributed by atoms with Crippen molar-refractivity contribution in [2.24, 2.45) is 0 Å². The molecule has 0 saturated heterocycles. The number of quaternary nitrogens is 1. The van der Waals surface area contributed by atoms with Crippen LogP contribution in [0.1, 0.15) is 43.5 Å². The van der Waals surface area contributed by atoms with Gasteiger partial charge in [0.25, 0.3) is 0 Å². The first-order valence-corrected chi connectivity index (χ1v) is 7.89. The van der Waals surface area contributed by atoms with Gasteiger partial charge in [-0.1, -0.05) is 18.6 Å². The molecule has 3 nitrogen and oxygen atoms in total. The molecule has 0 bridgehead atoms. The van der Waals surface area contributed by atoms with Gasteiger partial charge in [0.2, 0.25) is 0 Å². The molecule has 0 atom stereocenters. The summed E-state index contributed by atoms with van der Waals surface area (Å²) in [5.74, 6) is 0.896. The van der Waals surface area contributed by atoms with Gasteiger partial charge in [0.05, 0.1) is 6.04 Å². The monoisotopic (exact) mass is 288 g/mol. The molecule has 21 heavy (non-hydrogen) atoms. The van der Waals surface area contributed by atoms with Crippen LogP contribution in [0.5, 0.6) is 0 Å². The number of rotatable bonds is 5. The van der Waals surface area contributed by atoms with E-state index < -0.39 is 0 Å². The molecule has 1 heterocycles. The molecule has 0 aliphatic heterocycles. The smallest absolute Gasteiger partial charge is 0.164 e. The Bertz CT molecular complexity index is 573. The van der Waals surface area contributed by atoms with Crippen LogP contribution in [0.4, 0.5) is 4.39 Å². The first kappa shape index (κ1) is 14.3. The molecule has 4 heteroatoms. The van der Waals surface area contributed by atoms with E-state index in [1.54, 1.807) is 12.1 Å². The fourth-order valence-electron chi connectivity index (χ4n) is 3.15. The van der Waals surface area contributed by atoms with Crippen molar-refractivity contribution in [3.63, 3.8) is 0 Å². The van der Waals surface area contributed by atoms with E-state index in [0.29, 0.717) is 6.54 Å². The molecule has 0 spiro atoms. The Kier molecular flexibility index (Phi) is 4.65. The Morgan fingerprint density at radius 3 is 2.90 bits per heavy atom. The summed E-state index contributed by atoms with van der Waals surface area (Å²) in [6.45, 7) is 1.60. The summed E-state index contributed by atoms with van der Waals surface area (Å²) in [5, 5.41) is 2.42. The number of nitrogens with two attached hydrogens (primary N) is 1. The predicted molar refractivity (Wildman–Crippen MR) is 80.2 cm³/mol. The van der Waals surface area contributed by atoms with Gasteiger partial charge in [0.1, 0.15) is 12.4 Å². The first-order valence-electron chi connectivity index (χ1n) is 7.89. The minimum Gasteiger partial charge on any atom is -0.338 e. The average molecular weight is 288 g/mol. The van der Waals surface area contributed by atoms with Crippen molar-refractivity contribution in [2.75, 3.05) is 0 Å². The zero-order valence-corrected chi connectivity index (χ0v) is 12.3. The van der Waals surface area contributed by atoms with E-state index in [9.17, 15) is 4.39 Å². The molecular formula is C17H23FN3+. The molecule has 2 aromatic rings. The first-order chi connectivity index (χ1) is 10.3. The Hall–Kier alpha value is -1.68. The van der Waals surface area contributed by atoms with E-state index in [2.05, 4.69) is 14.9 Å². The molecule has 3 rings (SSSR count). The number of nitrogens with zero attached hydrogens (tertiary/aromatic N) is 2. The highest BCUT2D eigenvalue weighted by Gasteiger charge is 2.17. The van der Waals surface area contributed by atoms with Gasteiger partial charge >= 0.3 is 0 Å². The van der Waals surface area contributed by atoms with Crippen LogP contribution in [-0.4, -0.2) is 15.6 Å². The zero-order valence-electron chi connectivity index (χ0n) is 12.3. The Morgan fingerprint density at radius 2 is 2.10 bits per heavy atom. The number of aromatic nitrogens is 2. The molecule has 0 amide bonds. The molecule has 1 aliphatic rings. The van der Waals surface area contributed by atoms with Crippen LogP contribution in [0.15, 0.2) is 36.7 Å². The molecule has 1 saturated carbocycles. The highest BCUT2D eigenvalue weighted by Crippen LogP contribution is 2.15. The second-order valence-corrected chi connectivity index (χ2v) is 5.94. The summed E-state index contributed by atoms with van der Waals surface area (Å²) in [6, 6.07) is 7.54. The van der Waals surface area contributed by atoms with E-state index >= 15 is 0 Å². The maximum Gasteiger partial charge on any atom is 0.164 e. The van der Waals surface area contributed by atoms with Gasteiger partial charge in [0, 0.05) is 18.9 Å². The molecule has 1 fully saturated rings. The van der Waals surface area contributed by atoms with Crippen LogP contribution < -0.4 is 5.32 Å². The molecule has 0 unspecified atom stereocenters. The molecular weight excluding hydrogens is 265 g/mol. The van der Waals surface area contributed by atoms with Crippen molar-refractivity contribution in [1.29, 1.82) is 0 Å². The lowest BCUT2D eigenvalue weighted by Gasteiger charge is -2.19. The Balaban J connectivity index is 1.60. The third-order valence-corrected chi connectivity index (χ3v) is 4.33. The second-order valence-electron chi connectivity index (χ2n) is 5.94. The molecule has 1 aliphatic carbocycles. The van der Waals surface area contributed by atoms with Crippen LogP contribution in [0, 0.1) is 5.82 Å². The van der Waals surface area contributed by atoms with Crippen molar-refractivity contribution in [3.05, 3.63) is 53.9 Å². The van der Waals surface area contributed by atoms with E-state index in [1.165, 1.54) is 38.2 Å². The summed E-state index contributed by atoms with van der Waals surface area (Å²) in [6.07, 6.45) is 10.6. The van der Waals surface area contributed by atoms with Crippen LogP contribution in [-0.2, 0) is 13.1 Å². The summed E-state index contributed by atoms with van der Waals surface area (Å²) in [4.78, 5) is 4.46. The van der Waals surface area contributed by atoms with Gasteiger partial charge in [-0.15, -0.1) is 0 Å². The SMILES string of the molecule is Fc1cccc(Cn2ccnc2C[NH2+]C2CCCCC2)c1. The zero-order chi connectivity index (χ0) is 14.5. The lowest BCUT2D eigenvalue weighted by atomic mass is 9.95. The Morgan fingerprint density at radius 1 is 1.24 bits per heavy atom. The molecule has 112 valence electrons. The van der Waals surface area contributed by atoms with Crippen LogP contribution in [0.25, 0.3) is 0 Å². The minimum atomic E-state index is -0.178. The maximum absolute atomic E-state index is 13.3. The standard InChI is InChI=1S/C17H22FN3/c18-15-6-4-5-14(11-15)13-21-10-9-19-17(21)12-20-16-7-2-1-3-8-16/h4-6,9-11,16,20H,1-3,7-8,12-13H2/p+1. The van der Waals surface area contributed by atoms with Gasteiger partial charge in [-0.2, -0.15) is 0 Å². The third kappa shape index (κ3) is 3.91. The van der Waals surface area contributed by atoms with Gasteiger partial charge in [-0.25, -0.2) is 9.37 Å². The van der Waals surface area contributed by atoms with Crippen molar-refractivity contribution in [3.8, 4) is 0 Å². The Labute approximate surface area is 125 Å². The van der Waals surface area contributed by atoms with E-state index in [-0.39, 0.29) is 5.82 Å². The van der Waals surface area contributed by atoms with Gasteiger partial charge in [0.15, 0.2) is 5.82 Å². The van der Waals surface area contributed by atoms with E-state index in [0.717, 1.165) is 24.0 Å². The number of hydrogen-bond donors (Lipinski definition) is 1. The van der Waals surface area contributed by atoms with Gasteiger partial charge < -0.3 is 9.88 Å². The summed E-state index contributed by atoms with van der Waals surface area (Å²) < 4.78 is 15.4. The molecule has 0 radical (unpaired) electrons. The van der Waals surface area contributed by atoms with E-state index in [4.69, 9.17) is 0 Å². The highest BCUT2D eigenvalue weighted by atomic mass is 19.1. The lowest BCUT2D eigenvalue weighted by Crippen LogP contribution is -2.89. The largest absolute Gasteiger partial charge is 0.338 e. The highest BCUT2D eigenvalue weighted by molar-refractivity contribution is 5.17. The number of halogens is 1. The maximum atomic E-state index is 13.3. The van der Waals surface area contributed by atoms with Gasteiger partial charge in [-0.3, -0.25) is 0 Å². The van der Waals surface area contributed by atoms with Crippen LogP contribution in [0.3, 0.4) is 0 Å². The molecule has 2 N–H and O–H groups in total. The summed E-state index contributed by atoms with van der Waals surface area (Å²) in [5.41, 5.74) is 0.979. The fourth-order valence-corrected chi connectivity index (χ4v) is 3.15. The summed E-state index contributed by atoms with van der Waals surface area (Å²) in [7, 11) is 0. The number of hydrogen-bond acceptors (Lipinski definition) is 1. The number of imidazole rings is 1. The molecule has 1 aromatic carbocycles. The van der Waals surface area contributed by atoms with Crippen molar-refractivity contribution >= 4 is 0 Å². The summed E-state index contributed by atoms with van der Waals surface area (Å²) >= 11 is 0. The van der Waals surface area contributed by atoms with Gasteiger partial charge in [-0.05, 0) is 43.4 Å². The second kappa shape index (κ2) is 6.85. The van der Waals surface area contributed by atoms with Crippen LogP contribution >= 0.6 is 0 Å². The van der Waals surface area contributed by atoms with Crippen molar-refractivity contribution < 1.29 is 9.71 Å². The predicted octanol–water partition coefficient (Wildman–Crippen LogP) is 2.47. The topological polar surface area (TPSA) is 34.4 Å².